The zero-order valence-corrected chi connectivity index (χ0v) is 16.1. The monoisotopic (exact) mass is 395 g/mol. The van der Waals surface area contributed by atoms with Gasteiger partial charge in [0.15, 0.2) is 0 Å². The first kappa shape index (κ1) is 18.5. The molecule has 0 fully saturated rings. The summed E-state index contributed by atoms with van der Waals surface area (Å²) >= 11 is 3.49. The Kier molecular flexibility index (Phi) is 5.66. The molecular formula is C17H22BrN3O3. The van der Waals surface area contributed by atoms with Gasteiger partial charge >= 0.3 is 0 Å². The van der Waals surface area contributed by atoms with E-state index in [2.05, 4.69) is 26.3 Å². The number of amides is 1. The fourth-order valence-electron chi connectivity index (χ4n) is 2.16. The number of hydrogen-bond acceptors (Lipinski definition) is 4. The average Bonchev–Trinajstić information content (AvgIpc) is 2.83. The molecule has 0 aliphatic rings. The first-order valence-electron chi connectivity index (χ1n) is 7.51. The van der Waals surface area contributed by atoms with Crippen molar-refractivity contribution in [3.05, 3.63) is 28.9 Å². The fraction of sp³-hybridized carbons (Fsp3) is 0.412. The Hall–Kier alpha value is -1.86. The van der Waals surface area contributed by atoms with Gasteiger partial charge in [0.1, 0.15) is 12.4 Å². The predicted octanol–water partition coefficient (Wildman–Crippen LogP) is 3.61. The average molecular weight is 396 g/mol. The maximum Gasteiger partial charge on any atom is 0.250 e. The number of anilines is 1. The van der Waals surface area contributed by atoms with Crippen molar-refractivity contribution in [1.82, 2.24) is 9.78 Å². The van der Waals surface area contributed by atoms with Crippen molar-refractivity contribution in [2.24, 2.45) is 7.05 Å². The SMILES string of the molecule is COc1ccc(NC(=O)COC(C)(C)C)cc1-c1c(Br)cnn1C. The second-order valence-corrected chi connectivity index (χ2v) is 7.18. The van der Waals surface area contributed by atoms with Gasteiger partial charge < -0.3 is 14.8 Å². The van der Waals surface area contributed by atoms with Crippen molar-refractivity contribution in [2.75, 3.05) is 19.0 Å². The largest absolute Gasteiger partial charge is 0.496 e. The van der Waals surface area contributed by atoms with Crippen molar-refractivity contribution in [3.63, 3.8) is 0 Å². The molecule has 1 heterocycles. The number of nitrogens with zero attached hydrogens (tertiary/aromatic N) is 2. The van der Waals surface area contributed by atoms with Crippen molar-refractivity contribution in [2.45, 2.75) is 26.4 Å². The minimum absolute atomic E-state index is 0.000265. The molecule has 0 spiro atoms. The van der Waals surface area contributed by atoms with Crippen LogP contribution in [0.5, 0.6) is 5.75 Å². The summed E-state index contributed by atoms with van der Waals surface area (Å²) in [5.74, 6) is 0.494. The normalized spacial score (nSPS) is 11.4. The van der Waals surface area contributed by atoms with Gasteiger partial charge in [0.2, 0.25) is 5.91 Å². The van der Waals surface area contributed by atoms with Crippen molar-refractivity contribution in [3.8, 4) is 17.0 Å². The highest BCUT2D eigenvalue weighted by Crippen LogP contribution is 2.36. The van der Waals surface area contributed by atoms with Gasteiger partial charge in [-0.05, 0) is 54.9 Å². The van der Waals surface area contributed by atoms with E-state index in [1.54, 1.807) is 24.1 Å². The lowest BCUT2D eigenvalue weighted by molar-refractivity contribution is -0.125. The summed E-state index contributed by atoms with van der Waals surface area (Å²) in [7, 11) is 3.46. The maximum atomic E-state index is 12.1. The second kappa shape index (κ2) is 7.36. The topological polar surface area (TPSA) is 65.4 Å². The van der Waals surface area contributed by atoms with Crippen LogP contribution in [0.2, 0.25) is 0 Å². The van der Waals surface area contributed by atoms with Crippen LogP contribution in [-0.2, 0) is 16.6 Å². The van der Waals surface area contributed by atoms with Gasteiger partial charge in [0.25, 0.3) is 0 Å². The quantitative estimate of drug-likeness (QED) is 0.839. The molecule has 2 aromatic rings. The molecule has 24 heavy (non-hydrogen) atoms. The third kappa shape index (κ3) is 4.58. The Morgan fingerprint density at radius 3 is 2.62 bits per heavy atom. The van der Waals surface area contributed by atoms with Crippen LogP contribution in [0, 0.1) is 0 Å². The van der Waals surface area contributed by atoms with Crippen LogP contribution >= 0.6 is 15.9 Å². The van der Waals surface area contributed by atoms with E-state index in [0.29, 0.717) is 11.4 Å². The number of nitrogens with one attached hydrogen (secondary N) is 1. The molecule has 0 aliphatic carbocycles. The van der Waals surface area contributed by atoms with E-state index in [9.17, 15) is 4.79 Å². The number of carbonyl (C=O) groups is 1. The third-order valence-corrected chi connectivity index (χ3v) is 3.85. The summed E-state index contributed by atoms with van der Waals surface area (Å²) in [6.45, 7) is 5.73. The second-order valence-electron chi connectivity index (χ2n) is 6.33. The molecule has 1 amide bonds. The lowest BCUT2D eigenvalue weighted by Gasteiger charge is -2.19. The van der Waals surface area contributed by atoms with Crippen LogP contribution in [0.25, 0.3) is 11.3 Å². The molecule has 1 N–H and O–H groups in total. The predicted molar refractivity (Wildman–Crippen MR) is 97.2 cm³/mol. The number of halogens is 1. The molecule has 1 aromatic heterocycles. The molecule has 2 rings (SSSR count). The number of rotatable bonds is 5. The molecule has 0 saturated heterocycles. The zero-order chi connectivity index (χ0) is 17.9. The Bertz CT molecular complexity index is 716. The van der Waals surface area contributed by atoms with E-state index >= 15 is 0 Å². The number of aromatic nitrogens is 2. The molecule has 0 aliphatic heterocycles. The number of ether oxygens (including phenoxy) is 2. The minimum Gasteiger partial charge on any atom is -0.496 e. The van der Waals surface area contributed by atoms with Gasteiger partial charge in [-0.25, -0.2) is 0 Å². The first-order chi connectivity index (χ1) is 11.2. The van der Waals surface area contributed by atoms with E-state index in [1.165, 1.54) is 0 Å². The number of benzene rings is 1. The Morgan fingerprint density at radius 1 is 1.38 bits per heavy atom. The minimum atomic E-state index is -0.359. The Morgan fingerprint density at radius 2 is 2.08 bits per heavy atom. The van der Waals surface area contributed by atoms with Crippen LogP contribution in [0.15, 0.2) is 28.9 Å². The molecule has 0 bridgehead atoms. The lowest BCUT2D eigenvalue weighted by Crippen LogP contribution is -2.27. The van der Waals surface area contributed by atoms with Gasteiger partial charge in [-0.2, -0.15) is 5.10 Å². The standard InChI is InChI=1S/C17H22BrN3O3/c1-17(2,3)24-10-15(22)20-11-6-7-14(23-5)12(8-11)16-13(18)9-19-21(16)4/h6-9H,10H2,1-5H3,(H,20,22). The smallest absolute Gasteiger partial charge is 0.250 e. The first-order valence-corrected chi connectivity index (χ1v) is 8.30. The van der Waals surface area contributed by atoms with E-state index in [0.717, 1.165) is 15.7 Å². The van der Waals surface area contributed by atoms with Crippen molar-refractivity contribution in [1.29, 1.82) is 0 Å². The van der Waals surface area contributed by atoms with Gasteiger partial charge in [-0.15, -0.1) is 0 Å². The number of hydrogen-bond donors (Lipinski definition) is 1. The molecular weight excluding hydrogens is 374 g/mol. The number of methoxy groups -OCH3 is 1. The van der Waals surface area contributed by atoms with Crippen LogP contribution in [0.3, 0.4) is 0 Å². The molecule has 6 nitrogen and oxygen atoms in total. The Balaban J connectivity index is 2.25. The maximum absolute atomic E-state index is 12.1. The highest BCUT2D eigenvalue weighted by atomic mass is 79.9. The van der Waals surface area contributed by atoms with Crippen molar-refractivity contribution < 1.29 is 14.3 Å². The van der Waals surface area contributed by atoms with Crippen LogP contribution < -0.4 is 10.1 Å². The van der Waals surface area contributed by atoms with Gasteiger partial charge in [0.05, 0.1) is 29.1 Å². The third-order valence-electron chi connectivity index (χ3n) is 3.27. The highest BCUT2D eigenvalue weighted by molar-refractivity contribution is 9.10. The molecule has 130 valence electrons. The summed E-state index contributed by atoms with van der Waals surface area (Å²) in [6.07, 6.45) is 1.72. The van der Waals surface area contributed by atoms with E-state index in [4.69, 9.17) is 9.47 Å². The summed E-state index contributed by atoms with van der Waals surface area (Å²) in [5, 5.41) is 7.06. The van der Waals surface area contributed by atoms with Crippen molar-refractivity contribution >= 4 is 27.5 Å². The van der Waals surface area contributed by atoms with E-state index in [1.807, 2.05) is 40.0 Å². The number of carbonyl (C=O) groups excluding carboxylic acids is 1. The summed E-state index contributed by atoms with van der Waals surface area (Å²) < 4.78 is 13.5. The van der Waals surface area contributed by atoms with E-state index < -0.39 is 0 Å². The van der Waals surface area contributed by atoms with Gasteiger partial charge in [-0.3, -0.25) is 9.48 Å². The van der Waals surface area contributed by atoms with Crippen LogP contribution in [0.1, 0.15) is 20.8 Å². The Labute approximate surface area is 150 Å². The fourth-order valence-corrected chi connectivity index (χ4v) is 2.73. The van der Waals surface area contributed by atoms with Gasteiger partial charge in [-0.1, -0.05) is 0 Å². The molecule has 7 heteroatoms. The molecule has 1 aromatic carbocycles. The zero-order valence-electron chi connectivity index (χ0n) is 14.5. The van der Waals surface area contributed by atoms with Crippen LogP contribution in [-0.4, -0.2) is 35.0 Å². The molecule has 0 atom stereocenters. The molecule has 0 saturated carbocycles. The summed E-state index contributed by atoms with van der Waals surface area (Å²) in [4.78, 5) is 12.1. The number of aryl methyl sites for hydroxylation is 1. The van der Waals surface area contributed by atoms with Crippen LogP contribution in [0.4, 0.5) is 5.69 Å². The summed E-state index contributed by atoms with van der Waals surface area (Å²) in [6, 6.07) is 5.46. The highest BCUT2D eigenvalue weighted by Gasteiger charge is 2.16. The van der Waals surface area contributed by atoms with E-state index in [-0.39, 0.29) is 18.1 Å². The summed E-state index contributed by atoms with van der Waals surface area (Å²) in [5.41, 5.74) is 2.01. The van der Waals surface area contributed by atoms with Gasteiger partial charge in [0, 0.05) is 18.3 Å². The molecule has 0 radical (unpaired) electrons. The molecule has 0 unspecified atom stereocenters. The lowest BCUT2D eigenvalue weighted by atomic mass is 10.1.